The maximum atomic E-state index is 12.3. The van der Waals surface area contributed by atoms with Crippen LogP contribution in [-0.2, 0) is 11.3 Å². The molecule has 0 radical (unpaired) electrons. The Kier molecular flexibility index (Phi) is 5.27. The molecule has 1 fully saturated rings. The molecule has 1 unspecified atom stereocenters. The van der Waals surface area contributed by atoms with Gasteiger partial charge in [0.1, 0.15) is 11.4 Å². The molecule has 2 aromatic carbocycles. The third-order valence-corrected chi connectivity index (χ3v) is 4.50. The number of nitrogens with zero attached hydrogens (tertiary/aromatic N) is 2. The molecule has 0 aromatic heterocycles. The highest BCUT2D eigenvalue weighted by Gasteiger charge is 2.30. The fourth-order valence-corrected chi connectivity index (χ4v) is 3.14. The molecular weight excluding hydrogens is 358 g/mol. The van der Waals surface area contributed by atoms with E-state index in [0.717, 1.165) is 11.3 Å². The molecule has 0 spiro atoms. The van der Waals surface area contributed by atoms with Gasteiger partial charge in [-0.05, 0) is 29.8 Å². The predicted octanol–water partition coefficient (Wildman–Crippen LogP) is 3.47. The van der Waals surface area contributed by atoms with E-state index in [0.29, 0.717) is 23.8 Å². The highest BCUT2D eigenvalue weighted by molar-refractivity contribution is 6.30. The van der Waals surface area contributed by atoms with E-state index in [1.54, 1.807) is 24.1 Å². The summed E-state index contributed by atoms with van der Waals surface area (Å²) in [4.78, 5) is 24.7. The van der Waals surface area contributed by atoms with Crippen LogP contribution >= 0.6 is 11.6 Å². The first-order valence-corrected chi connectivity index (χ1v) is 8.45. The largest absolute Gasteiger partial charge is 0.497 e. The zero-order chi connectivity index (χ0) is 18.7. The molecule has 1 amide bonds. The number of likely N-dealkylation sites (tertiary alicyclic amines) is 1. The number of nitro groups is 1. The fraction of sp³-hybridized carbons (Fsp3) is 0.278. The molecule has 7 nitrogen and oxygen atoms in total. The fourth-order valence-electron chi connectivity index (χ4n) is 2.97. The van der Waals surface area contributed by atoms with Crippen molar-refractivity contribution in [2.24, 2.45) is 0 Å². The number of hydrogen-bond acceptors (Lipinski definition) is 5. The maximum Gasteiger partial charge on any atom is 0.293 e. The van der Waals surface area contributed by atoms with E-state index in [1.165, 1.54) is 6.07 Å². The first-order valence-electron chi connectivity index (χ1n) is 8.07. The van der Waals surface area contributed by atoms with Gasteiger partial charge in [0.05, 0.1) is 18.1 Å². The summed E-state index contributed by atoms with van der Waals surface area (Å²) in [6, 6.07) is 11.8. The van der Waals surface area contributed by atoms with Crippen LogP contribution < -0.4 is 10.1 Å². The number of methoxy groups -OCH3 is 1. The Bertz CT molecular complexity index is 826. The summed E-state index contributed by atoms with van der Waals surface area (Å²) in [6.07, 6.45) is 0.288. The van der Waals surface area contributed by atoms with Crippen LogP contribution in [-0.4, -0.2) is 35.4 Å². The topological polar surface area (TPSA) is 84.7 Å². The summed E-state index contributed by atoms with van der Waals surface area (Å²) in [6.45, 7) is 0.967. The molecule has 2 aromatic rings. The molecule has 1 heterocycles. The Hall–Kier alpha value is -2.80. The average Bonchev–Trinajstić information content (AvgIpc) is 2.96. The van der Waals surface area contributed by atoms with E-state index in [9.17, 15) is 14.9 Å². The predicted molar refractivity (Wildman–Crippen MR) is 98.5 cm³/mol. The van der Waals surface area contributed by atoms with Crippen molar-refractivity contribution in [1.29, 1.82) is 0 Å². The minimum atomic E-state index is -0.486. The van der Waals surface area contributed by atoms with Crippen LogP contribution in [0.15, 0.2) is 42.5 Å². The maximum absolute atomic E-state index is 12.3. The molecule has 1 atom stereocenters. The number of amides is 1. The van der Waals surface area contributed by atoms with E-state index in [-0.39, 0.29) is 24.1 Å². The monoisotopic (exact) mass is 375 g/mol. The molecule has 0 bridgehead atoms. The number of nitrogens with one attached hydrogen (secondary N) is 1. The Morgan fingerprint density at radius 3 is 2.69 bits per heavy atom. The van der Waals surface area contributed by atoms with Crippen LogP contribution in [0.4, 0.5) is 11.4 Å². The number of rotatable bonds is 6. The van der Waals surface area contributed by atoms with Crippen LogP contribution in [0.5, 0.6) is 5.75 Å². The quantitative estimate of drug-likeness (QED) is 0.617. The minimum Gasteiger partial charge on any atom is -0.497 e. The first kappa shape index (κ1) is 18.0. The second kappa shape index (κ2) is 7.61. The van der Waals surface area contributed by atoms with Crippen molar-refractivity contribution in [3.63, 3.8) is 0 Å². The zero-order valence-corrected chi connectivity index (χ0v) is 14.9. The summed E-state index contributed by atoms with van der Waals surface area (Å²) in [7, 11) is 1.60. The molecule has 1 aliphatic heterocycles. The second-order valence-corrected chi connectivity index (χ2v) is 6.52. The lowest BCUT2D eigenvalue weighted by Crippen LogP contribution is -2.27. The summed E-state index contributed by atoms with van der Waals surface area (Å²) >= 11 is 5.83. The molecule has 1 aliphatic rings. The molecule has 0 saturated carbocycles. The van der Waals surface area contributed by atoms with E-state index in [2.05, 4.69) is 5.32 Å². The summed E-state index contributed by atoms with van der Waals surface area (Å²) in [5.74, 6) is 0.769. The number of nitro benzene ring substituents is 1. The van der Waals surface area contributed by atoms with E-state index < -0.39 is 4.92 Å². The number of benzene rings is 2. The van der Waals surface area contributed by atoms with E-state index in [4.69, 9.17) is 16.3 Å². The van der Waals surface area contributed by atoms with Crippen LogP contribution in [0.3, 0.4) is 0 Å². The van der Waals surface area contributed by atoms with Crippen molar-refractivity contribution in [3.05, 3.63) is 63.2 Å². The van der Waals surface area contributed by atoms with Crippen LogP contribution in [0.2, 0.25) is 5.02 Å². The Morgan fingerprint density at radius 2 is 2.04 bits per heavy atom. The molecular formula is C18H18ClN3O4. The highest BCUT2D eigenvalue weighted by Crippen LogP contribution is 2.30. The van der Waals surface area contributed by atoms with Crippen molar-refractivity contribution in [1.82, 2.24) is 4.90 Å². The van der Waals surface area contributed by atoms with E-state index >= 15 is 0 Å². The first-order chi connectivity index (χ1) is 12.5. The van der Waals surface area contributed by atoms with Crippen molar-refractivity contribution >= 4 is 28.9 Å². The Balaban J connectivity index is 1.67. The van der Waals surface area contributed by atoms with Gasteiger partial charge in [-0.25, -0.2) is 0 Å². The second-order valence-electron chi connectivity index (χ2n) is 6.09. The van der Waals surface area contributed by atoms with Gasteiger partial charge in [-0.3, -0.25) is 14.9 Å². The standard InChI is InChI=1S/C18H18ClN3O4/c1-26-15-5-2-12(3-6-15)10-21-11-14(9-18(21)23)20-16-7-4-13(19)8-17(16)22(24)25/h2-8,14,20H,9-11H2,1H3. The summed E-state index contributed by atoms with van der Waals surface area (Å²) in [5, 5.41) is 14.6. The number of hydrogen-bond donors (Lipinski definition) is 1. The molecule has 0 aliphatic carbocycles. The molecule has 26 heavy (non-hydrogen) atoms. The molecule has 136 valence electrons. The molecule has 1 saturated heterocycles. The Morgan fingerprint density at radius 1 is 1.31 bits per heavy atom. The zero-order valence-electron chi connectivity index (χ0n) is 14.1. The SMILES string of the molecule is COc1ccc(CN2CC(Nc3ccc(Cl)cc3[N+](=O)[O-])CC2=O)cc1. The van der Waals surface area contributed by atoms with Crippen LogP contribution in [0.1, 0.15) is 12.0 Å². The van der Waals surface area contributed by atoms with Crippen molar-refractivity contribution in [3.8, 4) is 5.75 Å². The molecule has 1 N–H and O–H groups in total. The van der Waals surface area contributed by atoms with Gasteiger partial charge in [-0.1, -0.05) is 23.7 Å². The Labute approximate surface area is 155 Å². The van der Waals surface area contributed by atoms with Gasteiger partial charge in [-0.15, -0.1) is 0 Å². The lowest BCUT2D eigenvalue weighted by molar-refractivity contribution is -0.384. The summed E-state index contributed by atoms with van der Waals surface area (Å²) < 4.78 is 5.13. The molecule has 8 heteroatoms. The van der Waals surface area contributed by atoms with Gasteiger partial charge in [0.15, 0.2) is 0 Å². The third-order valence-electron chi connectivity index (χ3n) is 4.26. The van der Waals surface area contributed by atoms with E-state index in [1.807, 2.05) is 24.3 Å². The number of anilines is 1. The number of ether oxygens (including phenoxy) is 1. The van der Waals surface area contributed by atoms with Gasteiger partial charge in [0.2, 0.25) is 5.91 Å². The summed E-state index contributed by atoms with van der Waals surface area (Å²) in [5.41, 5.74) is 1.26. The number of halogens is 1. The number of carbonyl (C=O) groups excluding carboxylic acids is 1. The van der Waals surface area contributed by atoms with Crippen LogP contribution in [0.25, 0.3) is 0 Å². The average molecular weight is 376 g/mol. The highest BCUT2D eigenvalue weighted by atomic mass is 35.5. The minimum absolute atomic E-state index is 0.00920. The number of carbonyl (C=O) groups is 1. The van der Waals surface area contributed by atoms with Gasteiger partial charge in [0, 0.05) is 30.6 Å². The van der Waals surface area contributed by atoms with Crippen LogP contribution in [0, 0.1) is 10.1 Å². The van der Waals surface area contributed by atoms with Gasteiger partial charge >= 0.3 is 0 Å². The van der Waals surface area contributed by atoms with Crippen molar-refractivity contribution < 1.29 is 14.5 Å². The smallest absolute Gasteiger partial charge is 0.293 e. The third kappa shape index (κ3) is 4.05. The lowest BCUT2D eigenvalue weighted by Gasteiger charge is -2.18. The molecule has 3 rings (SSSR count). The lowest BCUT2D eigenvalue weighted by atomic mass is 10.2. The van der Waals surface area contributed by atoms with Gasteiger partial charge in [-0.2, -0.15) is 0 Å². The van der Waals surface area contributed by atoms with Crippen molar-refractivity contribution in [2.45, 2.75) is 19.0 Å². The normalized spacial score (nSPS) is 16.6. The van der Waals surface area contributed by atoms with Gasteiger partial charge < -0.3 is 15.0 Å². The van der Waals surface area contributed by atoms with Crippen molar-refractivity contribution in [2.75, 3.05) is 19.0 Å². The van der Waals surface area contributed by atoms with Gasteiger partial charge in [0.25, 0.3) is 5.69 Å².